The molecule has 0 saturated heterocycles. The fourth-order valence-corrected chi connectivity index (χ4v) is 4.54. The van der Waals surface area contributed by atoms with E-state index in [-0.39, 0.29) is 5.57 Å². The van der Waals surface area contributed by atoms with Gasteiger partial charge in [0, 0.05) is 22.4 Å². The Labute approximate surface area is 190 Å². The number of thiophene rings is 1. The van der Waals surface area contributed by atoms with Crippen LogP contribution in [0.3, 0.4) is 0 Å². The lowest BCUT2D eigenvalue weighted by Crippen LogP contribution is -2.25. The summed E-state index contributed by atoms with van der Waals surface area (Å²) >= 11 is 2.99. The zero-order chi connectivity index (χ0) is 22.1. The first-order valence-electron chi connectivity index (χ1n) is 9.64. The summed E-state index contributed by atoms with van der Waals surface area (Å²) < 4.78 is 5.29. The smallest absolute Gasteiger partial charge is 0.264 e. The summed E-state index contributed by atoms with van der Waals surface area (Å²) in [5.74, 6) is 0.912. The summed E-state index contributed by atoms with van der Waals surface area (Å²) in [6.45, 7) is 2.43. The molecule has 0 bridgehead atoms. The van der Waals surface area contributed by atoms with E-state index in [0.29, 0.717) is 23.1 Å². The second kappa shape index (κ2) is 11.3. The summed E-state index contributed by atoms with van der Waals surface area (Å²) in [6.07, 6.45) is 0. The number of hydrogen-bond acceptors (Lipinski definition) is 6. The molecule has 0 aliphatic carbocycles. The second-order valence-corrected chi connectivity index (χ2v) is 8.67. The number of anilines is 1. The third-order valence-electron chi connectivity index (χ3n) is 4.53. The molecule has 0 spiro atoms. The van der Waals surface area contributed by atoms with E-state index in [2.05, 4.69) is 22.8 Å². The number of nitrogens with zero attached hydrogens (tertiary/aromatic N) is 1. The number of carbonyl (C=O) groups is 1. The third-order valence-corrected chi connectivity index (χ3v) is 6.46. The highest BCUT2D eigenvalue weighted by Gasteiger charge is 2.17. The molecule has 0 aliphatic rings. The maximum Gasteiger partial charge on any atom is 0.264 e. The number of ether oxygens (including phenoxy) is 1. The Morgan fingerprint density at radius 2 is 2.00 bits per heavy atom. The van der Waals surface area contributed by atoms with Crippen molar-refractivity contribution >= 4 is 34.7 Å². The van der Waals surface area contributed by atoms with E-state index in [1.165, 1.54) is 11.8 Å². The number of aryl methyl sites for hydroxylation is 1. The van der Waals surface area contributed by atoms with Crippen LogP contribution < -0.4 is 15.4 Å². The Morgan fingerprint density at radius 3 is 2.71 bits per heavy atom. The van der Waals surface area contributed by atoms with Gasteiger partial charge >= 0.3 is 0 Å². The minimum Gasteiger partial charge on any atom is -0.497 e. The second-order valence-electron chi connectivity index (χ2n) is 6.65. The third kappa shape index (κ3) is 6.38. The Balaban J connectivity index is 1.86. The largest absolute Gasteiger partial charge is 0.497 e. The van der Waals surface area contributed by atoms with E-state index in [9.17, 15) is 10.1 Å². The summed E-state index contributed by atoms with van der Waals surface area (Å²) in [5.41, 5.74) is 3.11. The van der Waals surface area contributed by atoms with Crippen molar-refractivity contribution in [2.24, 2.45) is 0 Å². The fraction of sp³-hybridized carbons (Fsp3) is 0.167. The summed E-state index contributed by atoms with van der Waals surface area (Å²) in [4.78, 5) is 13.9. The Hall–Kier alpha value is -3.21. The molecule has 1 aromatic heterocycles. The van der Waals surface area contributed by atoms with Crippen LogP contribution in [0, 0.1) is 18.3 Å². The first kappa shape index (κ1) is 22.5. The zero-order valence-corrected chi connectivity index (χ0v) is 19.0. The van der Waals surface area contributed by atoms with E-state index in [1.807, 2.05) is 66.9 Å². The van der Waals surface area contributed by atoms with Gasteiger partial charge in [-0.25, -0.2) is 0 Å². The van der Waals surface area contributed by atoms with Gasteiger partial charge in [0.2, 0.25) is 0 Å². The molecule has 158 valence electrons. The monoisotopic (exact) mass is 449 g/mol. The number of nitriles is 1. The zero-order valence-electron chi connectivity index (χ0n) is 17.3. The molecule has 0 atom stereocenters. The minimum absolute atomic E-state index is 0.0537. The molecule has 31 heavy (non-hydrogen) atoms. The van der Waals surface area contributed by atoms with Crippen LogP contribution >= 0.6 is 23.1 Å². The average Bonchev–Trinajstić information content (AvgIpc) is 3.31. The van der Waals surface area contributed by atoms with E-state index in [0.717, 1.165) is 21.7 Å². The topological polar surface area (TPSA) is 74.1 Å². The lowest BCUT2D eigenvalue weighted by Gasteiger charge is -2.15. The first-order chi connectivity index (χ1) is 15.1. The molecular weight excluding hydrogens is 426 g/mol. The Kier molecular flexibility index (Phi) is 8.16. The summed E-state index contributed by atoms with van der Waals surface area (Å²) in [6, 6.07) is 21.4. The van der Waals surface area contributed by atoms with Crippen molar-refractivity contribution in [2.45, 2.75) is 19.2 Å². The van der Waals surface area contributed by atoms with Crippen molar-refractivity contribution in [2.75, 3.05) is 12.4 Å². The van der Waals surface area contributed by atoms with Crippen LogP contribution in [-0.2, 0) is 17.1 Å². The lowest BCUT2D eigenvalue weighted by atomic mass is 10.1. The summed E-state index contributed by atoms with van der Waals surface area (Å²) in [5, 5.41) is 18.4. The van der Waals surface area contributed by atoms with Gasteiger partial charge in [-0.2, -0.15) is 5.26 Å². The quantitative estimate of drug-likeness (QED) is 0.335. The molecule has 2 aromatic carbocycles. The number of methoxy groups -OCH3 is 1. The van der Waals surface area contributed by atoms with E-state index < -0.39 is 5.91 Å². The summed E-state index contributed by atoms with van der Waals surface area (Å²) in [7, 11) is 1.60. The molecule has 3 rings (SSSR count). The predicted molar refractivity (Wildman–Crippen MR) is 128 cm³/mol. The van der Waals surface area contributed by atoms with Crippen LogP contribution in [0.25, 0.3) is 0 Å². The van der Waals surface area contributed by atoms with E-state index in [4.69, 9.17) is 4.74 Å². The van der Waals surface area contributed by atoms with Crippen LogP contribution in [0.1, 0.15) is 16.0 Å². The van der Waals surface area contributed by atoms with Gasteiger partial charge in [0.25, 0.3) is 5.91 Å². The van der Waals surface area contributed by atoms with Crippen molar-refractivity contribution in [3.63, 3.8) is 0 Å². The van der Waals surface area contributed by atoms with Crippen LogP contribution in [0.5, 0.6) is 5.75 Å². The number of nitrogens with one attached hydrogen (secondary N) is 2. The van der Waals surface area contributed by atoms with Gasteiger partial charge in [-0.3, -0.25) is 4.79 Å². The molecule has 1 amide bonds. The van der Waals surface area contributed by atoms with Crippen LogP contribution in [0.2, 0.25) is 0 Å². The van der Waals surface area contributed by atoms with Crippen LogP contribution in [0.4, 0.5) is 5.69 Å². The van der Waals surface area contributed by atoms with Crippen molar-refractivity contribution in [1.29, 1.82) is 5.26 Å². The molecule has 7 heteroatoms. The van der Waals surface area contributed by atoms with E-state index >= 15 is 0 Å². The van der Waals surface area contributed by atoms with Gasteiger partial charge in [0.05, 0.1) is 18.7 Å². The molecule has 0 unspecified atom stereocenters. The van der Waals surface area contributed by atoms with E-state index in [1.54, 1.807) is 18.4 Å². The number of amides is 1. The maximum atomic E-state index is 12.8. The molecule has 2 N–H and O–H groups in total. The highest BCUT2D eigenvalue weighted by molar-refractivity contribution is 8.02. The predicted octanol–water partition coefficient (Wildman–Crippen LogP) is 5.46. The molecule has 0 fully saturated rings. The number of benzene rings is 2. The SMILES string of the molecule is COc1cccc(NC(SCc2ccccc2C)=C(C#N)C(=O)NCc2cccs2)c1. The average molecular weight is 450 g/mol. The molecule has 0 saturated carbocycles. The molecule has 5 nitrogen and oxygen atoms in total. The number of thioether (sulfide) groups is 1. The van der Waals surface area contributed by atoms with Crippen LogP contribution in [0.15, 0.2) is 76.6 Å². The van der Waals surface area contributed by atoms with Crippen molar-refractivity contribution in [1.82, 2.24) is 5.32 Å². The molecular formula is C24H23N3O2S2. The molecule has 0 aliphatic heterocycles. The van der Waals surface area contributed by atoms with Gasteiger partial charge in [-0.15, -0.1) is 23.1 Å². The molecule has 3 aromatic rings. The lowest BCUT2D eigenvalue weighted by molar-refractivity contribution is -0.117. The van der Waals surface area contributed by atoms with Gasteiger partial charge in [-0.1, -0.05) is 36.4 Å². The normalized spacial score (nSPS) is 11.3. The van der Waals surface area contributed by atoms with Crippen molar-refractivity contribution in [3.8, 4) is 11.8 Å². The van der Waals surface area contributed by atoms with Gasteiger partial charge in [0.15, 0.2) is 0 Å². The standard InChI is InChI=1S/C24H23N3O2S2/c1-17-7-3-4-8-18(17)16-31-24(27-19-9-5-10-20(13-19)29-2)22(14-25)23(28)26-15-21-11-6-12-30-21/h3-13,27H,15-16H2,1-2H3,(H,26,28). The molecule has 1 heterocycles. The van der Waals surface area contributed by atoms with Crippen LogP contribution in [-0.4, -0.2) is 13.0 Å². The first-order valence-corrected chi connectivity index (χ1v) is 11.5. The maximum absolute atomic E-state index is 12.8. The Bertz CT molecular complexity index is 1100. The van der Waals surface area contributed by atoms with Crippen molar-refractivity contribution < 1.29 is 9.53 Å². The number of hydrogen-bond donors (Lipinski definition) is 2. The minimum atomic E-state index is -0.404. The highest BCUT2D eigenvalue weighted by atomic mass is 32.2. The fourth-order valence-electron chi connectivity index (χ4n) is 2.80. The number of carbonyl (C=O) groups excluding carboxylic acids is 1. The van der Waals surface area contributed by atoms with Gasteiger partial charge in [-0.05, 0) is 41.6 Å². The van der Waals surface area contributed by atoms with Gasteiger partial charge < -0.3 is 15.4 Å². The molecule has 0 radical (unpaired) electrons. The van der Waals surface area contributed by atoms with Crippen molar-refractivity contribution in [3.05, 3.63) is 92.6 Å². The van der Waals surface area contributed by atoms with Gasteiger partial charge in [0.1, 0.15) is 17.4 Å². The number of rotatable bonds is 9. The highest BCUT2D eigenvalue weighted by Crippen LogP contribution is 2.29. The Morgan fingerprint density at radius 1 is 1.16 bits per heavy atom.